The molecule has 1 unspecified atom stereocenters. The topological polar surface area (TPSA) is 74.4 Å². The van der Waals surface area contributed by atoms with Crippen molar-refractivity contribution in [1.29, 1.82) is 5.26 Å². The van der Waals surface area contributed by atoms with Crippen molar-refractivity contribution in [2.75, 3.05) is 12.1 Å². The average Bonchev–Trinajstić information content (AvgIpc) is 3.11. The number of hydrogen-bond donors (Lipinski definition) is 0. The Morgan fingerprint density at radius 1 is 1.40 bits per heavy atom. The van der Waals surface area contributed by atoms with E-state index in [9.17, 15) is 5.26 Å². The van der Waals surface area contributed by atoms with Crippen molar-refractivity contribution in [3.8, 4) is 11.8 Å². The zero-order chi connectivity index (χ0) is 17.6. The van der Waals surface area contributed by atoms with Crippen LogP contribution in [0, 0.1) is 11.3 Å². The first-order valence-corrected chi connectivity index (χ1v) is 8.45. The summed E-state index contributed by atoms with van der Waals surface area (Å²) in [6.45, 7) is 2.15. The molecule has 3 rings (SSSR count). The average molecular weight is 335 g/mol. The maximum absolute atomic E-state index is 9.33. The van der Waals surface area contributed by atoms with Gasteiger partial charge >= 0.3 is 0 Å². The fourth-order valence-corrected chi connectivity index (χ4v) is 3.04. The van der Waals surface area contributed by atoms with Gasteiger partial charge in [0.15, 0.2) is 5.82 Å². The lowest BCUT2D eigenvalue weighted by atomic mass is 10.0. The van der Waals surface area contributed by atoms with Gasteiger partial charge in [0.2, 0.25) is 0 Å². The van der Waals surface area contributed by atoms with Gasteiger partial charge in [-0.25, -0.2) is 9.99 Å². The van der Waals surface area contributed by atoms with E-state index in [0.717, 1.165) is 37.1 Å². The Hall–Kier alpha value is -2.94. The summed E-state index contributed by atoms with van der Waals surface area (Å²) in [5.41, 5.74) is 2.79. The highest BCUT2D eigenvalue weighted by Gasteiger charge is 2.27. The van der Waals surface area contributed by atoms with Gasteiger partial charge < -0.3 is 4.74 Å². The number of nitrogens with zero attached hydrogens (tertiary/aromatic N) is 5. The highest BCUT2D eigenvalue weighted by Crippen LogP contribution is 2.27. The molecular formula is C19H21N5O. The van der Waals surface area contributed by atoms with E-state index in [1.54, 1.807) is 31.6 Å². The third-order valence-corrected chi connectivity index (χ3v) is 4.27. The summed E-state index contributed by atoms with van der Waals surface area (Å²) in [7, 11) is 1.66. The van der Waals surface area contributed by atoms with Crippen molar-refractivity contribution in [2.45, 2.75) is 38.6 Å². The van der Waals surface area contributed by atoms with Gasteiger partial charge in [-0.05, 0) is 30.2 Å². The molecule has 0 aliphatic carbocycles. The van der Waals surface area contributed by atoms with Crippen molar-refractivity contribution in [3.63, 3.8) is 0 Å². The Morgan fingerprint density at radius 2 is 2.28 bits per heavy atom. The number of hydrazone groups is 1. The molecule has 0 N–H and O–H groups in total. The van der Waals surface area contributed by atoms with Gasteiger partial charge in [0, 0.05) is 30.9 Å². The SMILES string of the molecule is CCCc1cc(OC)cnc1CC1CC=NN1c1ncccc1C#N. The van der Waals surface area contributed by atoms with E-state index in [1.165, 1.54) is 5.56 Å². The van der Waals surface area contributed by atoms with E-state index in [0.29, 0.717) is 11.4 Å². The smallest absolute Gasteiger partial charge is 0.167 e. The van der Waals surface area contributed by atoms with Gasteiger partial charge in [-0.2, -0.15) is 10.4 Å². The number of pyridine rings is 2. The van der Waals surface area contributed by atoms with Gasteiger partial charge in [-0.1, -0.05) is 13.3 Å². The number of ether oxygens (including phenoxy) is 1. The van der Waals surface area contributed by atoms with Crippen LogP contribution in [0.25, 0.3) is 0 Å². The molecule has 1 atom stereocenters. The zero-order valence-corrected chi connectivity index (χ0v) is 14.5. The predicted molar refractivity (Wildman–Crippen MR) is 96.8 cm³/mol. The fourth-order valence-electron chi connectivity index (χ4n) is 3.04. The quantitative estimate of drug-likeness (QED) is 0.811. The molecule has 0 spiro atoms. The fraction of sp³-hybridized carbons (Fsp3) is 0.368. The number of rotatable bonds is 6. The first-order chi connectivity index (χ1) is 12.3. The van der Waals surface area contributed by atoms with E-state index in [1.807, 2.05) is 11.2 Å². The molecule has 1 aliphatic rings. The van der Waals surface area contributed by atoms with E-state index in [4.69, 9.17) is 4.74 Å². The molecule has 1 aliphatic heterocycles. The van der Waals surface area contributed by atoms with Crippen LogP contribution in [0.15, 0.2) is 35.7 Å². The van der Waals surface area contributed by atoms with Crippen LogP contribution in [0.4, 0.5) is 5.82 Å². The minimum absolute atomic E-state index is 0.110. The van der Waals surface area contributed by atoms with E-state index in [2.05, 4.69) is 34.1 Å². The van der Waals surface area contributed by atoms with Gasteiger partial charge in [-0.3, -0.25) is 4.98 Å². The molecule has 25 heavy (non-hydrogen) atoms. The largest absolute Gasteiger partial charge is 0.495 e. The second-order valence-electron chi connectivity index (χ2n) is 5.95. The minimum atomic E-state index is 0.110. The standard InChI is InChI=1S/C19H21N5O/c1-3-5-14-10-17(25-2)13-22-18(14)11-16-7-9-23-24(16)19-15(12-20)6-4-8-21-19/h4,6,8-10,13,16H,3,5,7,11H2,1-2H3. The molecule has 3 heterocycles. The summed E-state index contributed by atoms with van der Waals surface area (Å²) in [5, 5.41) is 15.6. The van der Waals surface area contributed by atoms with Crippen molar-refractivity contribution < 1.29 is 4.74 Å². The summed E-state index contributed by atoms with van der Waals surface area (Å²) < 4.78 is 5.30. The third kappa shape index (κ3) is 3.61. The Labute approximate surface area is 147 Å². The molecule has 0 radical (unpaired) electrons. The van der Waals surface area contributed by atoms with Gasteiger partial charge in [0.05, 0.1) is 24.9 Å². The minimum Gasteiger partial charge on any atom is -0.495 e. The normalized spacial score (nSPS) is 16.0. The Bertz CT molecular complexity index is 812. The number of anilines is 1. The predicted octanol–water partition coefficient (Wildman–Crippen LogP) is 3.12. The number of methoxy groups -OCH3 is 1. The van der Waals surface area contributed by atoms with E-state index < -0.39 is 0 Å². The van der Waals surface area contributed by atoms with E-state index >= 15 is 0 Å². The number of hydrogen-bond acceptors (Lipinski definition) is 6. The molecule has 6 nitrogen and oxygen atoms in total. The first-order valence-electron chi connectivity index (χ1n) is 8.45. The van der Waals surface area contributed by atoms with E-state index in [-0.39, 0.29) is 6.04 Å². The molecule has 0 saturated heterocycles. The lowest BCUT2D eigenvalue weighted by Crippen LogP contribution is -2.30. The van der Waals surface area contributed by atoms with Crippen molar-refractivity contribution in [2.24, 2.45) is 5.10 Å². The van der Waals surface area contributed by atoms with Crippen LogP contribution in [0.1, 0.15) is 36.6 Å². The molecular weight excluding hydrogens is 314 g/mol. The summed E-state index contributed by atoms with van der Waals surface area (Å²) in [6, 6.07) is 7.90. The van der Waals surface area contributed by atoms with Crippen LogP contribution in [-0.4, -0.2) is 29.3 Å². The lowest BCUT2D eigenvalue weighted by molar-refractivity contribution is 0.411. The first kappa shape index (κ1) is 16.9. The number of aromatic nitrogens is 2. The summed E-state index contributed by atoms with van der Waals surface area (Å²) in [6.07, 6.45) is 8.89. The molecule has 0 fully saturated rings. The monoisotopic (exact) mass is 335 g/mol. The lowest BCUT2D eigenvalue weighted by Gasteiger charge is -2.24. The number of nitriles is 1. The zero-order valence-electron chi connectivity index (χ0n) is 14.5. The highest BCUT2D eigenvalue weighted by atomic mass is 16.5. The van der Waals surface area contributed by atoms with Crippen molar-refractivity contribution in [3.05, 3.63) is 47.4 Å². The van der Waals surface area contributed by atoms with Crippen LogP contribution in [-0.2, 0) is 12.8 Å². The van der Waals surface area contributed by atoms with Crippen LogP contribution in [0.5, 0.6) is 5.75 Å². The van der Waals surface area contributed by atoms with Gasteiger partial charge in [-0.15, -0.1) is 0 Å². The Morgan fingerprint density at radius 3 is 3.04 bits per heavy atom. The Balaban J connectivity index is 1.87. The maximum atomic E-state index is 9.33. The molecule has 2 aromatic rings. The van der Waals surface area contributed by atoms with Crippen LogP contribution >= 0.6 is 0 Å². The van der Waals surface area contributed by atoms with Crippen LogP contribution in [0.2, 0.25) is 0 Å². The molecule has 0 bridgehead atoms. The summed E-state index contributed by atoms with van der Waals surface area (Å²) >= 11 is 0. The summed E-state index contributed by atoms with van der Waals surface area (Å²) in [4.78, 5) is 8.97. The van der Waals surface area contributed by atoms with Crippen molar-refractivity contribution in [1.82, 2.24) is 9.97 Å². The Kier molecular flexibility index (Phi) is 5.24. The third-order valence-electron chi connectivity index (χ3n) is 4.27. The van der Waals surface area contributed by atoms with Gasteiger partial charge in [0.1, 0.15) is 11.8 Å². The van der Waals surface area contributed by atoms with Crippen molar-refractivity contribution >= 4 is 12.0 Å². The molecule has 0 amide bonds. The van der Waals surface area contributed by atoms with Crippen LogP contribution < -0.4 is 9.75 Å². The maximum Gasteiger partial charge on any atom is 0.167 e. The summed E-state index contributed by atoms with van der Waals surface area (Å²) in [5.74, 6) is 1.39. The van der Waals surface area contributed by atoms with Gasteiger partial charge in [0.25, 0.3) is 0 Å². The second-order valence-corrected chi connectivity index (χ2v) is 5.95. The number of aryl methyl sites for hydroxylation is 1. The molecule has 0 saturated carbocycles. The van der Waals surface area contributed by atoms with Crippen LogP contribution in [0.3, 0.4) is 0 Å². The molecule has 2 aromatic heterocycles. The molecule has 6 heteroatoms. The molecule has 128 valence electrons. The second kappa shape index (κ2) is 7.75. The highest BCUT2D eigenvalue weighted by molar-refractivity contribution is 5.68. The molecule has 0 aromatic carbocycles.